The van der Waals surface area contributed by atoms with E-state index in [1.54, 1.807) is 55.7 Å². The van der Waals surface area contributed by atoms with Gasteiger partial charge in [-0.05, 0) is 75.7 Å². The number of rotatable bonds is 9. The van der Waals surface area contributed by atoms with Crippen molar-refractivity contribution in [3.8, 4) is 11.5 Å². The third kappa shape index (κ3) is 6.91. The maximum atomic E-state index is 12.8. The lowest BCUT2D eigenvalue weighted by atomic mass is 10.1. The van der Waals surface area contributed by atoms with Gasteiger partial charge in [0.1, 0.15) is 5.60 Å². The maximum absolute atomic E-state index is 12.8. The molecule has 0 saturated carbocycles. The van der Waals surface area contributed by atoms with Crippen molar-refractivity contribution in [2.75, 3.05) is 11.5 Å². The zero-order valence-electron chi connectivity index (χ0n) is 19.6. The first-order chi connectivity index (χ1) is 16.2. The summed E-state index contributed by atoms with van der Waals surface area (Å²) in [6.07, 6.45) is 3.44. The van der Waals surface area contributed by atoms with Crippen LogP contribution in [-0.4, -0.2) is 29.8 Å². The van der Waals surface area contributed by atoms with Crippen molar-refractivity contribution in [2.45, 2.75) is 46.5 Å². The molecule has 0 spiro atoms. The van der Waals surface area contributed by atoms with E-state index < -0.39 is 18.2 Å². The minimum Gasteiger partial charge on any atom is -0.490 e. The molecular formula is C26H28F2N2O4. The van der Waals surface area contributed by atoms with Gasteiger partial charge in [-0.25, -0.2) is 4.79 Å². The van der Waals surface area contributed by atoms with Gasteiger partial charge in [0, 0.05) is 36.4 Å². The van der Waals surface area contributed by atoms with E-state index in [2.05, 4.69) is 9.72 Å². The number of pyridine rings is 1. The summed E-state index contributed by atoms with van der Waals surface area (Å²) in [6.45, 7) is 4.97. The van der Waals surface area contributed by atoms with Crippen LogP contribution in [0.4, 0.5) is 20.2 Å². The molecule has 0 aliphatic carbocycles. The predicted octanol–water partition coefficient (Wildman–Crippen LogP) is 6.38. The van der Waals surface area contributed by atoms with Gasteiger partial charge in [-0.1, -0.05) is 6.07 Å². The third-order valence-electron chi connectivity index (χ3n) is 4.63. The molecule has 0 amide bonds. The molecule has 0 saturated heterocycles. The number of esters is 1. The van der Waals surface area contributed by atoms with E-state index in [4.69, 9.17) is 9.47 Å². The van der Waals surface area contributed by atoms with Gasteiger partial charge in [0.15, 0.2) is 11.5 Å². The fraction of sp³-hybridized carbons (Fsp3) is 0.308. The van der Waals surface area contributed by atoms with Crippen molar-refractivity contribution in [1.29, 1.82) is 0 Å². The van der Waals surface area contributed by atoms with E-state index in [-0.39, 0.29) is 18.1 Å². The smallest absolute Gasteiger partial charge is 0.387 e. The topological polar surface area (TPSA) is 60.9 Å². The zero-order chi connectivity index (χ0) is 24.7. The highest BCUT2D eigenvalue weighted by Gasteiger charge is 2.20. The van der Waals surface area contributed by atoms with E-state index in [1.807, 2.05) is 37.8 Å². The van der Waals surface area contributed by atoms with Crippen LogP contribution in [0.25, 0.3) is 0 Å². The van der Waals surface area contributed by atoms with E-state index in [9.17, 15) is 13.6 Å². The Morgan fingerprint density at radius 1 is 1.03 bits per heavy atom. The van der Waals surface area contributed by atoms with Gasteiger partial charge in [-0.15, -0.1) is 0 Å². The first-order valence-electron chi connectivity index (χ1n) is 10.9. The second kappa shape index (κ2) is 11.0. The Hall–Kier alpha value is -3.68. The van der Waals surface area contributed by atoms with Crippen molar-refractivity contribution in [2.24, 2.45) is 0 Å². The first-order valence-corrected chi connectivity index (χ1v) is 10.9. The summed E-state index contributed by atoms with van der Waals surface area (Å²) in [5, 5.41) is 0. The maximum Gasteiger partial charge on any atom is 0.387 e. The van der Waals surface area contributed by atoms with E-state index in [0.717, 1.165) is 11.3 Å². The monoisotopic (exact) mass is 470 g/mol. The van der Waals surface area contributed by atoms with Crippen LogP contribution < -0.4 is 14.4 Å². The predicted molar refractivity (Wildman–Crippen MR) is 126 cm³/mol. The SMILES string of the molecule is CCOc1cc(N(Cc2cccnc2)c2ccc(C(=O)OC(C)(C)C)cc2)ccc1OC(F)F. The molecule has 0 aliphatic rings. The molecular weight excluding hydrogens is 442 g/mol. The molecule has 0 aliphatic heterocycles. The van der Waals surface area contributed by atoms with Crippen LogP contribution in [0.1, 0.15) is 43.6 Å². The largest absolute Gasteiger partial charge is 0.490 e. The number of anilines is 2. The molecule has 6 nitrogen and oxygen atoms in total. The average Bonchev–Trinajstić information content (AvgIpc) is 2.78. The van der Waals surface area contributed by atoms with Gasteiger partial charge < -0.3 is 19.1 Å². The average molecular weight is 471 g/mol. The Morgan fingerprint density at radius 3 is 2.32 bits per heavy atom. The van der Waals surface area contributed by atoms with E-state index in [1.165, 1.54) is 6.07 Å². The molecule has 0 fully saturated rings. The summed E-state index contributed by atoms with van der Waals surface area (Å²) in [5.41, 5.74) is 2.24. The standard InChI is InChI=1S/C26H28F2N2O4/c1-5-32-23-15-21(12-13-22(23)33-25(27)28)30(17-18-7-6-14-29-16-18)20-10-8-19(9-11-20)24(31)34-26(2,3)4/h6-16,25H,5,17H2,1-4H3. The first kappa shape index (κ1) is 25.0. The molecule has 180 valence electrons. The highest BCUT2D eigenvalue weighted by atomic mass is 19.3. The van der Waals surface area contributed by atoms with Crippen LogP contribution in [0.15, 0.2) is 67.0 Å². The van der Waals surface area contributed by atoms with Crippen LogP contribution in [-0.2, 0) is 11.3 Å². The molecule has 0 radical (unpaired) electrons. The quantitative estimate of drug-likeness (QED) is 0.339. The Morgan fingerprint density at radius 2 is 1.74 bits per heavy atom. The van der Waals surface area contributed by atoms with Gasteiger partial charge in [-0.2, -0.15) is 8.78 Å². The van der Waals surface area contributed by atoms with E-state index >= 15 is 0 Å². The summed E-state index contributed by atoms with van der Waals surface area (Å²) >= 11 is 0. The number of alkyl halides is 2. The number of ether oxygens (including phenoxy) is 3. The van der Waals surface area contributed by atoms with Crippen molar-refractivity contribution in [1.82, 2.24) is 4.98 Å². The molecule has 0 N–H and O–H groups in total. The number of halogens is 2. The lowest BCUT2D eigenvalue weighted by Crippen LogP contribution is -2.24. The number of nitrogens with zero attached hydrogens (tertiary/aromatic N) is 2. The molecule has 8 heteroatoms. The number of hydrogen-bond donors (Lipinski definition) is 0. The van der Waals surface area contributed by atoms with Gasteiger partial charge in [0.2, 0.25) is 0 Å². The summed E-state index contributed by atoms with van der Waals surface area (Å²) in [6, 6.07) is 15.6. The molecule has 0 atom stereocenters. The Bertz CT molecular complexity index is 1080. The molecule has 1 heterocycles. The number of carbonyl (C=O) groups is 1. The van der Waals surface area contributed by atoms with Crippen LogP contribution in [0.3, 0.4) is 0 Å². The highest BCUT2D eigenvalue weighted by molar-refractivity contribution is 5.90. The summed E-state index contributed by atoms with van der Waals surface area (Å²) in [5.74, 6) is -0.242. The second-order valence-electron chi connectivity index (χ2n) is 8.44. The molecule has 2 aromatic carbocycles. The van der Waals surface area contributed by atoms with Gasteiger partial charge in [0.05, 0.1) is 12.2 Å². The fourth-order valence-corrected chi connectivity index (χ4v) is 3.25. The van der Waals surface area contributed by atoms with Crippen LogP contribution in [0, 0.1) is 0 Å². The minimum atomic E-state index is -2.96. The molecule has 1 aromatic heterocycles. The Kier molecular flexibility index (Phi) is 8.04. The minimum absolute atomic E-state index is 0.0396. The molecule has 3 rings (SSSR count). The zero-order valence-corrected chi connectivity index (χ0v) is 19.6. The van der Waals surface area contributed by atoms with Crippen molar-refractivity contribution < 1.29 is 27.8 Å². The lowest BCUT2D eigenvalue weighted by Gasteiger charge is -2.26. The third-order valence-corrected chi connectivity index (χ3v) is 4.63. The van der Waals surface area contributed by atoms with Gasteiger partial charge in [-0.3, -0.25) is 4.98 Å². The lowest BCUT2D eigenvalue weighted by molar-refractivity contribution is -0.0514. The number of carbonyl (C=O) groups excluding carboxylic acids is 1. The van der Waals surface area contributed by atoms with Crippen molar-refractivity contribution in [3.05, 3.63) is 78.1 Å². The van der Waals surface area contributed by atoms with Crippen LogP contribution in [0.5, 0.6) is 11.5 Å². The number of hydrogen-bond acceptors (Lipinski definition) is 6. The molecule has 34 heavy (non-hydrogen) atoms. The molecule has 0 unspecified atom stereocenters. The second-order valence-corrected chi connectivity index (χ2v) is 8.44. The number of benzene rings is 2. The Balaban J connectivity index is 1.98. The molecule has 3 aromatic rings. The fourth-order valence-electron chi connectivity index (χ4n) is 3.25. The molecule has 0 bridgehead atoms. The highest BCUT2D eigenvalue weighted by Crippen LogP contribution is 2.36. The van der Waals surface area contributed by atoms with Crippen LogP contribution in [0.2, 0.25) is 0 Å². The van der Waals surface area contributed by atoms with E-state index in [0.29, 0.717) is 17.8 Å². The van der Waals surface area contributed by atoms with Gasteiger partial charge >= 0.3 is 12.6 Å². The van der Waals surface area contributed by atoms with Gasteiger partial charge in [0.25, 0.3) is 0 Å². The normalized spacial score (nSPS) is 11.3. The summed E-state index contributed by atoms with van der Waals surface area (Å²) < 4.78 is 41.2. The van der Waals surface area contributed by atoms with Crippen molar-refractivity contribution in [3.63, 3.8) is 0 Å². The van der Waals surface area contributed by atoms with Crippen LogP contribution >= 0.6 is 0 Å². The summed E-state index contributed by atoms with van der Waals surface area (Å²) in [7, 11) is 0. The Labute approximate surface area is 198 Å². The number of aromatic nitrogens is 1. The van der Waals surface area contributed by atoms with Crippen molar-refractivity contribution >= 4 is 17.3 Å². The summed E-state index contributed by atoms with van der Waals surface area (Å²) in [4.78, 5) is 18.5.